The standard InChI is InChI=1S/C20H21ClN2O4S/c1-3-23-18-7-5-16(11-14(18)12-20(23)25)28(26,27)9-8-19(24)22-17-6-4-15(21)10-13(17)2/h4-7,10-11H,3,8-9,12H2,1-2H3,(H,22,24). The van der Waals surface area contributed by atoms with E-state index in [2.05, 4.69) is 5.32 Å². The summed E-state index contributed by atoms with van der Waals surface area (Å²) in [6.07, 6.45) is 0.0321. The molecule has 148 valence electrons. The molecule has 1 aliphatic rings. The average molecular weight is 421 g/mol. The van der Waals surface area contributed by atoms with Gasteiger partial charge in [-0.15, -0.1) is 0 Å². The van der Waals surface area contributed by atoms with E-state index in [4.69, 9.17) is 11.6 Å². The third-order valence-electron chi connectivity index (χ3n) is 4.72. The Morgan fingerprint density at radius 3 is 2.64 bits per heavy atom. The highest BCUT2D eigenvalue weighted by molar-refractivity contribution is 7.91. The number of halogens is 1. The van der Waals surface area contributed by atoms with Crippen molar-refractivity contribution in [2.75, 3.05) is 22.5 Å². The highest BCUT2D eigenvalue weighted by Gasteiger charge is 2.28. The van der Waals surface area contributed by atoms with E-state index in [1.54, 1.807) is 35.2 Å². The second-order valence-electron chi connectivity index (χ2n) is 6.68. The number of hydrogen-bond donors (Lipinski definition) is 1. The number of carbonyl (C=O) groups excluding carboxylic acids is 2. The first-order valence-corrected chi connectivity index (χ1v) is 11.0. The number of amides is 2. The molecule has 3 rings (SSSR count). The second kappa shape index (κ2) is 7.93. The van der Waals surface area contributed by atoms with Gasteiger partial charge in [-0.3, -0.25) is 9.59 Å². The zero-order valence-electron chi connectivity index (χ0n) is 15.7. The van der Waals surface area contributed by atoms with Gasteiger partial charge >= 0.3 is 0 Å². The monoisotopic (exact) mass is 420 g/mol. The number of rotatable bonds is 6. The van der Waals surface area contributed by atoms with Crippen LogP contribution in [0, 0.1) is 6.92 Å². The van der Waals surface area contributed by atoms with E-state index in [1.165, 1.54) is 6.07 Å². The van der Waals surface area contributed by atoms with Crippen LogP contribution in [0.3, 0.4) is 0 Å². The van der Waals surface area contributed by atoms with Crippen molar-refractivity contribution in [2.45, 2.75) is 31.6 Å². The van der Waals surface area contributed by atoms with Gasteiger partial charge in [0.25, 0.3) is 0 Å². The Morgan fingerprint density at radius 1 is 1.21 bits per heavy atom. The molecule has 8 heteroatoms. The highest BCUT2D eigenvalue weighted by Crippen LogP contribution is 2.31. The molecular formula is C20H21ClN2O4S. The lowest BCUT2D eigenvalue weighted by atomic mass is 10.2. The van der Waals surface area contributed by atoms with Crippen molar-refractivity contribution in [3.8, 4) is 0 Å². The predicted octanol–water partition coefficient (Wildman–Crippen LogP) is 3.36. The molecule has 0 radical (unpaired) electrons. The molecule has 0 aliphatic carbocycles. The number of sulfone groups is 1. The first kappa shape index (κ1) is 20.4. The first-order valence-electron chi connectivity index (χ1n) is 8.93. The van der Waals surface area contributed by atoms with Crippen LogP contribution in [0.15, 0.2) is 41.3 Å². The fourth-order valence-electron chi connectivity index (χ4n) is 3.22. The number of nitrogens with zero attached hydrogens (tertiary/aromatic N) is 1. The molecule has 0 spiro atoms. The summed E-state index contributed by atoms with van der Waals surface area (Å²) in [7, 11) is -3.64. The quantitative estimate of drug-likeness (QED) is 0.776. The van der Waals surface area contributed by atoms with Crippen LogP contribution in [0.5, 0.6) is 0 Å². The molecule has 0 bridgehead atoms. The van der Waals surface area contributed by atoms with Crippen LogP contribution in [0.1, 0.15) is 24.5 Å². The number of nitrogens with one attached hydrogen (secondary N) is 1. The summed E-state index contributed by atoms with van der Waals surface area (Å²) in [5, 5.41) is 3.27. The van der Waals surface area contributed by atoms with Gasteiger partial charge in [0.05, 0.1) is 17.1 Å². The van der Waals surface area contributed by atoms with Gasteiger partial charge in [0.2, 0.25) is 11.8 Å². The molecule has 0 unspecified atom stereocenters. The summed E-state index contributed by atoms with van der Waals surface area (Å²) in [5.41, 5.74) is 2.85. The van der Waals surface area contributed by atoms with E-state index in [-0.39, 0.29) is 35.3 Å². The Labute approximate surface area is 169 Å². The Bertz CT molecular complexity index is 1050. The van der Waals surface area contributed by atoms with E-state index in [0.29, 0.717) is 22.8 Å². The Morgan fingerprint density at radius 2 is 1.96 bits per heavy atom. The maximum atomic E-state index is 12.6. The largest absolute Gasteiger partial charge is 0.326 e. The van der Waals surface area contributed by atoms with Crippen molar-refractivity contribution in [3.63, 3.8) is 0 Å². The fraction of sp³-hybridized carbons (Fsp3) is 0.300. The van der Waals surface area contributed by atoms with Crippen LogP contribution < -0.4 is 10.2 Å². The molecule has 28 heavy (non-hydrogen) atoms. The first-order chi connectivity index (χ1) is 13.2. The Hall–Kier alpha value is -2.38. The average Bonchev–Trinajstić information content (AvgIpc) is 2.96. The topological polar surface area (TPSA) is 83.6 Å². The Kier molecular flexibility index (Phi) is 5.76. The lowest BCUT2D eigenvalue weighted by molar-refractivity contribution is -0.117. The van der Waals surface area contributed by atoms with E-state index in [9.17, 15) is 18.0 Å². The van der Waals surface area contributed by atoms with Crippen LogP contribution in [0.4, 0.5) is 11.4 Å². The number of aryl methyl sites for hydroxylation is 1. The van der Waals surface area contributed by atoms with Crippen LogP contribution in [0.2, 0.25) is 5.02 Å². The van der Waals surface area contributed by atoms with Gasteiger partial charge < -0.3 is 10.2 Å². The number of carbonyl (C=O) groups is 2. The van der Waals surface area contributed by atoms with E-state index >= 15 is 0 Å². The molecule has 2 aromatic carbocycles. The lowest BCUT2D eigenvalue weighted by Crippen LogP contribution is -2.25. The zero-order chi connectivity index (χ0) is 20.5. The van der Waals surface area contributed by atoms with Gasteiger partial charge in [-0.1, -0.05) is 11.6 Å². The Balaban J connectivity index is 1.68. The van der Waals surface area contributed by atoms with Gasteiger partial charge in [0.1, 0.15) is 0 Å². The van der Waals surface area contributed by atoms with Crippen molar-refractivity contribution >= 4 is 44.6 Å². The number of fused-ring (bicyclic) bond motifs is 1. The number of hydrogen-bond acceptors (Lipinski definition) is 4. The number of benzene rings is 2. The van der Waals surface area contributed by atoms with Crippen LogP contribution in [0.25, 0.3) is 0 Å². The van der Waals surface area contributed by atoms with Gasteiger partial charge in [-0.25, -0.2) is 8.42 Å². The van der Waals surface area contributed by atoms with Crippen LogP contribution in [-0.4, -0.2) is 32.5 Å². The van der Waals surface area contributed by atoms with Gasteiger partial charge in [-0.05, 0) is 61.4 Å². The smallest absolute Gasteiger partial charge is 0.231 e. The van der Waals surface area contributed by atoms with Crippen molar-refractivity contribution in [2.24, 2.45) is 0 Å². The van der Waals surface area contributed by atoms with Crippen molar-refractivity contribution in [3.05, 3.63) is 52.5 Å². The molecule has 2 aromatic rings. The summed E-state index contributed by atoms with van der Waals surface area (Å²) in [5.74, 6) is -0.734. The van der Waals surface area contributed by atoms with E-state index in [0.717, 1.165) is 11.3 Å². The minimum Gasteiger partial charge on any atom is -0.326 e. The molecule has 6 nitrogen and oxygen atoms in total. The molecule has 1 aliphatic heterocycles. The van der Waals surface area contributed by atoms with Crippen molar-refractivity contribution < 1.29 is 18.0 Å². The van der Waals surface area contributed by atoms with Gasteiger partial charge in [-0.2, -0.15) is 0 Å². The van der Waals surface area contributed by atoms with E-state index in [1.807, 2.05) is 13.8 Å². The lowest BCUT2D eigenvalue weighted by Gasteiger charge is -2.14. The predicted molar refractivity (Wildman–Crippen MR) is 110 cm³/mol. The maximum Gasteiger partial charge on any atom is 0.231 e. The molecule has 0 aromatic heterocycles. The summed E-state index contributed by atoms with van der Waals surface area (Å²) >= 11 is 5.89. The summed E-state index contributed by atoms with van der Waals surface area (Å²) in [6, 6.07) is 9.76. The van der Waals surface area contributed by atoms with Crippen molar-refractivity contribution in [1.82, 2.24) is 0 Å². The fourth-order valence-corrected chi connectivity index (χ4v) is 4.74. The molecule has 0 atom stereocenters. The molecule has 0 saturated carbocycles. The third kappa shape index (κ3) is 4.20. The summed E-state index contributed by atoms with van der Waals surface area (Å²) in [4.78, 5) is 25.9. The normalized spacial score (nSPS) is 13.5. The second-order valence-corrected chi connectivity index (χ2v) is 9.23. The number of anilines is 2. The molecule has 1 heterocycles. The van der Waals surface area contributed by atoms with Crippen molar-refractivity contribution in [1.29, 1.82) is 0 Å². The van der Waals surface area contributed by atoms with E-state index < -0.39 is 9.84 Å². The number of likely N-dealkylation sites (N-methyl/N-ethyl adjacent to an activating group) is 1. The summed E-state index contributed by atoms with van der Waals surface area (Å²) in [6.45, 7) is 4.23. The zero-order valence-corrected chi connectivity index (χ0v) is 17.2. The minimum atomic E-state index is -3.64. The molecule has 0 fully saturated rings. The molecule has 2 amide bonds. The van der Waals surface area contributed by atoms with Gasteiger partial charge in [0, 0.05) is 29.4 Å². The summed E-state index contributed by atoms with van der Waals surface area (Å²) < 4.78 is 25.3. The van der Waals surface area contributed by atoms with Crippen LogP contribution in [-0.2, 0) is 25.8 Å². The third-order valence-corrected chi connectivity index (χ3v) is 6.67. The minimum absolute atomic E-state index is 0.0373. The molecule has 0 saturated heterocycles. The van der Waals surface area contributed by atoms with Crippen LogP contribution >= 0.6 is 11.6 Å². The highest BCUT2D eigenvalue weighted by atomic mass is 35.5. The molecule has 1 N–H and O–H groups in total. The molecular weight excluding hydrogens is 400 g/mol. The SMILES string of the molecule is CCN1C(=O)Cc2cc(S(=O)(=O)CCC(=O)Nc3ccc(Cl)cc3C)ccc21. The maximum absolute atomic E-state index is 12.6. The van der Waals surface area contributed by atoms with Gasteiger partial charge in [0.15, 0.2) is 9.84 Å².